The van der Waals surface area contributed by atoms with E-state index in [1.807, 2.05) is 61.5 Å². The highest BCUT2D eigenvalue weighted by Crippen LogP contribution is 2.25. The van der Waals surface area contributed by atoms with Crippen molar-refractivity contribution in [3.8, 4) is 0 Å². The normalized spacial score (nSPS) is 16.5. The summed E-state index contributed by atoms with van der Waals surface area (Å²) >= 11 is 6.27. The molecule has 5 heteroatoms. The summed E-state index contributed by atoms with van der Waals surface area (Å²) in [5.41, 5.74) is 2.20. The van der Waals surface area contributed by atoms with Gasteiger partial charge >= 0.3 is 0 Å². The Morgan fingerprint density at radius 2 is 1.68 bits per heavy atom. The van der Waals surface area contributed by atoms with Crippen LogP contribution in [-0.2, 0) is 4.79 Å². The summed E-state index contributed by atoms with van der Waals surface area (Å²) in [4.78, 5) is 16.8. The van der Waals surface area contributed by atoms with Gasteiger partial charge in [0, 0.05) is 26.2 Å². The smallest absolute Gasteiger partial charge is 0.234 e. The minimum absolute atomic E-state index is 0.0260. The molecule has 132 valence electrons. The summed E-state index contributed by atoms with van der Waals surface area (Å²) in [6, 6.07) is 18.0. The number of nitrogens with one attached hydrogen (secondary N) is 1. The Labute approximate surface area is 154 Å². The van der Waals surface area contributed by atoms with Crippen LogP contribution in [0.4, 0.5) is 5.69 Å². The Kier molecular flexibility index (Phi) is 5.95. The van der Waals surface area contributed by atoms with E-state index in [1.165, 1.54) is 0 Å². The molecule has 1 aliphatic heterocycles. The highest BCUT2D eigenvalue weighted by molar-refractivity contribution is 6.33. The van der Waals surface area contributed by atoms with Gasteiger partial charge in [-0.3, -0.25) is 9.69 Å². The van der Waals surface area contributed by atoms with Crippen LogP contribution in [0.1, 0.15) is 18.5 Å². The van der Waals surface area contributed by atoms with E-state index in [9.17, 15) is 4.79 Å². The van der Waals surface area contributed by atoms with Gasteiger partial charge in [-0.25, -0.2) is 0 Å². The lowest BCUT2D eigenvalue weighted by Crippen LogP contribution is -2.49. The molecule has 4 nitrogen and oxygen atoms in total. The number of rotatable bonds is 5. The van der Waals surface area contributed by atoms with E-state index in [2.05, 4.69) is 15.1 Å². The highest BCUT2D eigenvalue weighted by Gasteiger charge is 2.21. The van der Waals surface area contributed by atoms with Crippen LogP contribution in [0.25, 0.3) is 0 Å². The minimum atomic E-state index is 0.0260. The molecule has 1 aliphatic rings. The number of halogens is 1. The molecule has 2 aromatic rings. The molecule has 3 rings (SSSR count). The zero-order valence-corrected chi connectivity index (χ0v) is 15.2. The number of carbonyl (C=O) groups excluding carboxylic acids is 1. The first-order chi connectivity index (χ1) is 12.1. The SMILES string of the molecule is CC(NC(=O)CN1CCN(c2ccccc2Cl)CC1)c1ccccc1. The fraction of sp³-hybridized carbons (Fsp3) is 0.350. The second kappa shape index (κ2) is 8.37. The molecule has 1 fully saturated rings. The van der Waals surface area contributed by atoms with Gasteiger partial charge in [0.05, 0.1) is 23.3 Å². The van der Waals surface area contributed by atoms with E-state index in [4.69, 9.17) is 11.6 Å². The third-order valence-electron chi connectivity index (χ3n) is 4.61. The van der Waals surface area contributed by atoms with E-state index >= 15 is 0 Å². The van der Waals surface area contributed by atoms with Crippen molar-refractivity contribution in [2.24, 2.45) is 0 Å². The van der Waals surface area contributed by atoms with Crippen molar-refractivity contribution < 1.29 is 4.79 Å². The molecule has 0 spiro atoms. The number of amides is 1. The van der Waals surface area contributed by atoms with Crippen LogP contribution in [0, 0.1) is 0 Å². The summed E-state index contributed by atoms with van der Waals surface area (Å²) in [6.07, 6.45) is 0. The molecule has 0 saturated carbocycles. The first kappa shape index (κ1) is 17.8. The fourth-order valence-electron chi connectivity index (χ4n) is 3.17. The highest BCUT2D eigenvalue weighted by atomic mass is 35.5. The van der Waals surface area contributed by atoms with Crippen LogP contribution in [-0.4, -0.2) is 43.5 Å². The molecule has 2 aromatic carbocycles. The van der Waals surface area contributed by atoms with Crippen molar-refractivity contribution in [3.05, 3.63) is 65.2 Å². The van der Waals surface area contributed by atoms with Crippen LogP contribution in [0.15, 0.2) is 54.6 Å². The third-order valence-corrected chi connectivity index (χ3v) is 4.93. The van der Waals surface area contributed by atoms with Gasteiger partial charge in [0.25, 0.3) is 0 Å². The lowest BCUT2D eigenvalue weighted by molar-refractivity contribution is -0.123. The Morgan fingerprint density at radius 3 is 2.36 bits per heavy atom. The Bertz CT molecular complexity index is 699. The zero-order valence-electron chi connectivity index (χ0n) is 14.5. The molecule has 1 saturated heterocycles. The lowest BCUT2D eigenvalue weighted by atomic mass is 10.1. The monoisotopic (exact) mass is 357 g/mol. The van der Waals surface area contributed by atoms with Crippen molar-refractivity contribution >= 4 is 23.2 Å². The molecule has 1 heterocycles. The molecule has 25 heavy (non-hydrogen) atoms. The predicted octanol–water partition coefficient (Wildman–Crippen LogP) is 3.34. The van der Waals surface area contributed by atoms with Gasteiger partial charge in [0.15, 0.2) is 0 Å². The van der Waals surface area contributed by atoms with Gasteiger partial charge in [-0.05, 0) is 24.6 Å². The van der Waals surface area contributed by atoms with Crippen molar-refractivity contribution in [2.45, 2.75) is 13.0 Å². The van der Waals surface area contributed by atoms with E-state index in [0.717, 1.165) is 42.5 Å². The number of nitrogens with zero attached hydrogens (tertiary/aromatic N) is 2. The van der Waals surface area contributed by atoms with Crippen LogP contribution >= 0.6 is 11.6 Å². The van der Waals surface area contributed by atoms with Gasteiger partial charge in [-0.1, -0.05) is 54.1 Å². The van der Waals surface area contributed by atoms with Crippen LogP contribution in [0.2, 0.25) is 5.02 Å². The first-order valence-corrected chi connectivity index (χ1v) is 9.07. The maximum absolute atomic E-state index is 12.3. The quantitative estimate of drug-likeness (QED) is 0.891. The van der Waals surface area contributed by atoms with Gasteiger partial charge in [-0.15, -0.1) is 0 Å². The van der Waals surface area contributed by atoms with Crippen LogP contribution in [0.3, 0.4) is 0 Å². The number of anilines is 1. The average molecular weight is 358 g/mol. The molecular formula is C20H24ClN3O. The third kappa shape index (κ3) is 4.74. The summed E-state index contributed by atoms with van der Waals surface area (Å²) in [7, 11) is 0. The molecule has 1 amide bonds. The second-order valence-electron chi connectivity index (χ2n) is 6.41. The summed E-state index contributed by atoms with van der Waals surface area (Å²) in [5.74, 6) is 0.0718. The van der Waals surface area contributed by atoms with E-state index in [1.54, 1.807) is 0 Å². The van der Waals surface area contributed by atoms with Gasteiger partial charge < -0.3 is 10.2 Å². The topological polar surface area (TPSA) is 35.6 Å². The predicted molar refractivity (Wildman–Crippen MR) is 103 cm³/mol. The van der Waals surface area contributed by atoms with Crippen molar-refractivity contribution in [2.75, 3.05) is 37.6 Å². The van der Waals surface area contributed by atoms with E-state index in [-0.39, 0.29) is 11.9 Å². The number of para-hydroxylation sites is 1. The Morgan fingerprint density at radius 1 is 1.04 bits per heavy atom. The van der Waals surface area contributed by atoms with Crippen molar-refractivity contribution in [3.63, 3.8) is 0 Å². The fourth-order valence-corrected chi connectivity index (χ4v) is 3.43. The van der Waals surface area contributed by atoms with Crippen LogP contribution < -0.4 is 10.2 Å². The number of piperazine rings is 1. The number of carbonyl (C=O) groups is 1. The van der Waals surface area contributed by atoms with Crippen molar-refractivity contribution in [1.29, 1.82) is 0 Å². The maximum atomic E-state index is 12.3. The summed E-state index contributed by atoms with van der Waals surface area (Å²) in [6.45, 7) is 5.93. The number of hydrogen-bond donors (Lipinski definition) is 1. The average Bonchev–Trinajstić information content (AvgIpc) is 2.63. The molecule has 0 aliphatic carbocycles. The number of hydrogen-bond acceptors (Lipinski definition) is 3. The number of benzene rings is 2. The Balaban J connectivity index is 1.47. The molecule has 0 aromatic heterocycles. The second-order valence-corrected chi connectivity index (χ2v) is 6.82. The van der Waals surface area contributed by atoms with Gasteiger partial charge in [-0.2, -0.15) is 0 Å². The van der Waals surface area contributed by atoms with Crippen molar-refractivity contribution in [1.82, 2.24) is 10.2 Å². The lowest BCUT2D eigenvalue weighted by Gasteiger charge is -2.36. The molecule has 0 bridgehead atoms. The Hall–Kier alpha value is -2.04. The maximum Gasteiger partial charge on any atom is 0.234 e. The largest absolute Gasteiger partial charge is 0.368 e. The van der Waals surface area contributed by atoms with Crippen LogP contribution in [0.5, 0.6) is 0 Å². The van der Waals surface area contributed by atoms with Gasteiger partial charge in [0.1, 0.15) is 0 Å². The molecule has 1 N–H and O–H groups in total. The molecule has 1 unspecified atom stereocenters. The summed E-state index contributed by atoms with van der Waals surface area (Å²) < 4.78 is 0. The summed E-state index contributed by atoms with van der Waals surface area (Å²) in [5, 5.41) is 3.86. The molecule has 1 atom stereocenters. The van der Waals surface area contributed by atoms with E-state index in [0.29, 0.717) is 6.54 Å². The zero-order chi connectivity index (χ0) is 17.6. The standard InChI is InChI=1S/C20H24ClN3O/c1-16(17-7-3-2-4-8-17)22-20(25)15-23-11-13-24(14-12-23)19-10-6-5-9-18(19)21/h2-10,16H,11-15H2,1H3,(H,22,25). The van der Waals surface area contributed by atoms with E-state index < -0.39 is 0 Å². The minimum Gasteiger partial charge on any atom is -0.368 e. The molecule has 0 radical (unpaired) electrons. The first-order valence-electron chi connectivity index (χ1n) is 8.69. The molecular weight excluding hydrogens is 334 g/mol. The van der Waals surface area contributed by atoms with Gasteiger partial charge in [0.2, 0.25) is 5.91 Å².